The summed E-state index contributed by atoms with van der Waals surface area (Å²) in [5.41, 5.74) is -0.0974. The summed E-state index contributed by atoms with van der Waals surface area (Å²) >= 11 is 0. The molecule has 2 amide bonds. The van der Waals surface area contributed by atoms with Crippen molar-refractivity contribution in [3.8, 4) is 5.75 Å². The SMILES string of the molecule is CCN1C(=O)C(C)(C(=O)N(CCO)Cc2ccccc2)Oc2ccccc21. The molecule has 0 radical (unpaired) electrons. The highest BCUT2D eigenvalue weighted by Gasteiger charge is 2.51. The standard InChI is InChI=1S/C21H24N2O4/c1-3-23-17-11-7-8-12-18(17)27-21(2,20(23)26)19(25)22(13-14-24)15-16-9-5-4-6-10-16/h4-12,24H,3,13-15H2,1-2H3. The summed E-state index contributed by atoms with van der Waals surface area (Å²) < 4.78 is 5.93. The number of aliphatic hydroxyl groups excluding tert-OH is 1. The second kappa shape index (κ2) is 7.80. The summed E-state index contributed by atoms with van der Waals surface area (Å²) in [4.78, 5) is 29.5. The molecule has 0 saturated heterocycles. The lowest BCUT2D eigenvalue weighted by molar-refractivity contribution is -0.156. The lowest BCUT2D eigenvalue weighted by Gasteiger charge is -2.41. The van der Waals surface area contributed by atoms with Gasteiger partial charge in [-0.1, -0.05) is 42.5 Å². The minimum Gasteiger partial charge on any atom is -0.465 e. The van der Waals surface area contributed by atoms with Crippen molar-refractivity contribution in [3.63, 3.8) is 0 Å². The van der Waals surface area contributed by atoms with Crippen LogP contribution in [0.15, 0.2) is 54.6 Å². The zero-order valence-corrected chi connectivity index (χ0v) is 15.6. The van der Waals surface area contributed by atoms with E-state index in [4.69, 9.17) is 4.74 Å². The molecule has 27 heavy (non-hydrogen) atoms. The van der Waals surface area contributed by atoms with Gasteiger partial charge in [-0.3, -0.25) is 9.59 Å². The predicted octanol–water partition coefficient (Wildman–Crippen LogP) is 2.21. The van der Waals surface area contributed by atoms with Crippen LogP contribution in [0, 0.1) is 0 Å². The Balaban J connectivity index is 1.94. The fourth-order valence-corrected chi connectivity index (χ4v) is 3.32. The van der Waals surface area contributed by atoms with Crippen LogP contribution in [0.2, 0.25) is 0 Å². The normalized spacial score (nSPS) is 18.6. The summed E-state index contributed by atoms with van der Waals surface area (Å²) in [5, 5.41) is 9.44. The average Bonchev–Trinajstić information content (AvgIpc) is 2.69. The molecule has 1 aliphatic rings. The number of rotatable bonds is 6. The van der Waals surface area contributed by atoms with Crippen LogP contribution < -0.4 is 9.64 Å². The monoisotopic (exact) mass is 368 g/mol. The fraction of sp³-hybridized carbons (Fsp3) is 0.333. The predicted molar refractivity (Wildman–Crippen MR) is 102 cm³/mol. The van der Waals surface area contributed by atoms with E-state index in [9.17, 15) is 14.7 Å². The highest BCUT2D eigenvalue weighted by Crippen LogP contribution is 2.38. The third-order valence-corrected chi connectivity index (χ3v) is 4.72. The number of carbonyl (C=O) groups excluding carboxylic acids is 2. The van der Waals surface area contributed by atoms with Gasteiger partial charge in [0.05, 0.1) is 12.3 Å². The number of fused-ring (bicyclic) bond motifs is 1. The van der Waals surface area contributed by atoms with E-state index in [1.54, 1.807) is 17.0 Å². The first kappa shape index (κ1) is 18.9. The van der Waals surface area contributed by atoms with Gasteiger partial charge >= 0.3 is 0 Å². The number of nitrogens with zero attached hydrogens (tertiary/aromatic N) is 2. The van der Waals surface area contributed by atoms with E-state index in [-0.39, 0.29) is 13.2 Å². The number of anilines is 1. The molecule has 0 fully saturated rings. The van der Waals surface area contributed by atoms with Crippen LogP contribution in [0.5, 0.6) is 5.75 Å². The molecule has 1 N–H and O–H groups in total. The lowest BCUT2D eigenvalue weighted by Crippen LogP contribution is -2.63. The number of hydrogen-bond donors (Lipinski definition) is 1. The molecule has 1 aliphatic heterocycles. The molecule has 1 heterocycles. The molecule has 2 aromatic carbocycles. The van der Waals surface area contributed by atoms with Crippen molar-refractivity contribution in [1.29, 1.82) is 0 Å². The first-order chi connectivity index (χ1) is 13.0. The molecule has 0 spiro atoms. The van der Waals surface area contributed by atoms with Crippen LogP contribution in [-0.4, -0.2) is 47.1 Å². The first-order valence-electron chi connectivity index (χ1n) is 9.05. The molecule has 0 bridgehead atoms. The van der Waals surface area contributed by atoms with Gasteiger partial charge < -0.3 is 19.6 Å². The molecule has 1 unspecified atom stereocenters. The molecule has 0 saturated carbocycles. The van der Waals surface area contributed by atoms with Crippen molar-refractivity contribution in [2.24, 2.45) is 0 Å². The van der Waals surface area contributed by atoms with Gasteiger partial charge in [-0.25, -0.2) is 0 Å². The number of benzene rings is 2. The van der Waals surface area contributed by atoms with E-state index < -0.39 is 17.4 Å². The summed E-state index contributed by atoms with van der Waals surface area (Å²) in [6.07, 6.45) is 0. The van der Waals surface area contributed by atoms with Crippen LogP contribution in [0.25, 0.3) is 0 Å². The fourth-order valence-electron chi connectivity index (χ4n) is 3.32. The Morgan fingerprint density at radius 2 is 1.81 bits per heavy atom. The van der Waals surface area contributed by atoms with Crippen molar-refractivity contribution < 1.29 is 19.4 Å². The van der Waals surface area contributed by atoms with Gasteiger partial charge in [0.15, 0.2) is 0 Å². The molecule has 3 rings (SSSR count). The number of aliphatic hydroxyl groups is 1. The Kier molecular flexibility index (Phi) is 5.46. The topological polar surface area (TPSA) is 70.1 Å². The van der Waals surface area contributed by atoms with Crippen LogP contribution in [0.3, 0.4) is 0 Å². The molecule has 2 aromatic rings. The minimum atomic E-state index is -1.67. The molecule has 142 valence electrons. The number of ether oxygens (including phenoxy) is 1. The molecule has 6 nitrogen and oxygen atoms in total. The van der Waals surface area contributed by atoms with Gasteiger partial charge in [0.25, 0.3) is 17.4 Å². The first-order valence-corrected chi connectivity index (χ1v) is 9.05. The number of hydrogen-bond acceptors (Lipinski definition) is 4. The third kappa shape index (κ3) is 3.53. The van der Waals surface area contributed by atoms with Gasteiger partial charge in [0.2, 0.25) is 0 Å². The van der Waals surface area contributed by atoms with Crippen molar-refractivity contribution >= 4 is 17.5 Å². The zero-order chi connectivity index (χ0) is 19.4. The van der Waals surface area contributed by atoms with Gasteiger partial charge in [0.1, 0.15) is 5.75 Å². The van der Waals surface area contributed by atoms with Gasteiger partial charge in [-0.2, -0.15) is 0 Å². The Morgan fingerprint density at radius 1 is 1.15 bits per heavy atom. The molecular weight excluding hydrogens is 344 g/mol. The second-order valence-electron chi connectivity index (χ2n) is 6.59. The van der Waals surface area contributed by atoms with E-state index in [0.29, 0.717) is 24.5 Å². The van der Waals surface area contributed by atoms with Crippen molar-refractivity contribution in [2.75, 3.05) is 24.6 Å². The Hall–Kier alpha value is -2.86. The molecule has 0 aliphatic carbocycles. The van der Waals surface area contributed by atoms with Gasteiger partial charge in [-0.15, -0.1) is 0 Å². The lowest BCUT2D eigenvalue weighted by atomic mass is 9.98. The number of para-hydroxylation sites is 2. The van der Waals surface area contributed by atoms with E-state index in [0.717, 1.165) is 5.56 Å². The van der Waals surface area contributed by atoms with Crippen molar-refractivity contribution in [2.45, 2.75) is 26.0 Å². The molecule has 6 heteroatoms. The molecule has 0 aromatic heterocycles. The van der Waals surface area contributed by atoms with Crippen LogP contribution in [0.4, 0.5) is 5.69 Å². The minimum absolute atomic E-state index is 0.119. The van der Waals surface area contributed by atoms with Crippen molar-refractivity contribution in [1.82, 2.24) is 4.90 Å². The Bertz CT molecular complexity index is 824. The van der Waals surface area contributed by atoms with Gasteiger partial charge in [-0.05, 0) is 31.5 Å². The smallest absolute Gasteiger partial charge is 0.280 e. The van der Waals surface area contributed by atoms with Crippen LogP contribution in [0.1, 0.15) is 19.4 Å². The maximum atomic E-state index is 13.3. The van der Waals surface area contributed by atoms with Crippen LogP contribution >= 0.6 is 0 Å². The molecule has 1 atom stereocenters. The van der Waals surface area contributed by atoms with E-state index in [1.807, 2.05) is 49.4 Å². The second-order valence-corrected chi connectivity index (χ2v) is 6.59. The van der Waals surface area contributed by atoms with Crippen molar-refractivity contribution in [3.05, 3.63) is 60.2 Å². The van der Waals surface area contributed by atoms with Gasteiger partial charge in [0, 0.05) is 19.6 Å². The largest absolute Gasteiger partial charge is 0.465 e. The number of carbonyl (C=O) groups is 2. The highest BCUT2D eigenvalue weighted by atomic mass is 16.5. The van der Waals surface area contributed by atoms with E-state index in [1.165, 1.54) is 11.8 Å². The van der Waals surface area contributed by atoms with E-state index in [2.05, 4.69) is 0 Å². The number of amides is 2. The molecular formula is C21H24N2O4. The summed E-state index contributed by atoms with van der Waals surface area (Å²) in [6, 6.07) is 16.7. The maximum absolute atomic E-state index is 13.3. The highest BCUT2D eigenvalue weighted by molar-refractivity contribution is 6.16. The van der Waals surface area contributed by atoms with Crippen LogP contribution in [-0.2, 0) is 16.1 Å². The zero-order valence-electron chi connectivity index (χ0n) is 15.6. The summed E-state index contributed by atoms with van der Waals surface area (Å²) in [5.74, 6) is -0.360. The van der Waals surface area contributed by atoms with E-state index >= 15 is 0 Å². The Labute approximate surface area is 159 Å². The average molecular weight is 368 g/mol. The quantitative estimate of drug-likeness (QED) is 0.794. The Morgan fingerprint density at radius 3 is 2.48 bits per heavy atom. The maximum Gasteiger partial charge on any atom is 0.280 e. The number of likely N-dealkylation sites (N-methyl/N-ethyl adjacent to an activating group) is 1. The summed E-state index contributed by atoms with van der Waals surface area (Å²) in [6.45, 7) is 4.01. The third-order valence-electron chi connectivity index (χ3n) is 4.72. The summed E-state index contributed by atoms with van der Waals surface area (Å²) in [7, 11) is 0.